The Labute approximate surface area is 98.9 Å². The number of imidazole rings is 1. The van der Waals surface area contributed by atoms with Gasteiger partial charge in [0.05, 0.1) is 16.7 Å². The van der Waals surface area contributed by atoms with Crippen LogP contribution in [0, 0.1) is 13.8 Å². The van der Waals surface area contributed by atoms with Crippen LogP contribution in [-0.4, -0.2) is 19.7 Å². The van der Waals surface area contributed by atoms with E-state index in [0.717, 1.165) is 28.4 Å². The molecule has 3 rings (SSSR count). The number of aryl methyl sites for hydroxylation is 2. The summed E-state index contributed by atoms with van der Waals surface area (Å²) in [6.07, 6.45) is 0. The fourth-order valence-corrected chi connectivity index (χ4v) is 1.95. The molecule has 2 aromatic heterocycles. The number of fused-ring (bicyclic) bond motifs is 1. The molecule has 0 atom stereocenters. The van der Waals surface area contributed by atoms with Crippen LogP contribution in [0.2, 0.25) is 0 Å². The minimum absolute atomic E-state index is 0.807. The molecule has 0 aliphatic carbocycles. The standard InChI is InChI=1S/C13H12N4/c1-9-7-8-13(16-15-9)17-10(2)14-11-5-3-4-6-12(11)17/h3-8H,1-2H3. The van der Waals surface area contributed by atoms with Crippen LogP contribution in [-0.2, 0) is 0 Å². The Bertz CT molecular complexity index is 667. The first-order valence-corrected chi connectivity index (χ1v) is 5.50. The summed E-state index contributed by atoms with van der Waals surface area (Å²) in [5.41, 5.74) is 2.95. The molecule has 0 N–H and O–H groups in total. The lowest BCUT2D eigenvalue weighted by Crippen LogP contribution is -2.01. The first kappa shape index (κ1) is 9.96. The molecule has 0 amide bonds. The second kappa shape index (κ2) is 3.66. The van der Waals surface area contributed by atoms with Gasteiger partial charge in [0.2, 0.25) is 0 Å². The van der Waals surface area contributed by atoms with Crippen molar-refractivity contribution in [2.75, 3.05) is 0 Å². The van der Waals surface area contributed by atoms with Crippen molar-refractivity contribution in [3.8, 4) is 5.82 Å². The van der Waals surface area contributed by atoms with Gasteiger partial charge in [-0.1, -0.05) is 12.1 Å². The number of nitrogens with zero attached hydrogens (tertiary/aromatic N) is 4. The molecule has 0 aliphatic heterocycles. The number of benzene rings is 1. The summed E-state index contributed by atoms with van der Waals surface area (Å²) in [5.74, 6) is 1.73. The summed E-state index contributed by atoms with van der Waals surface area (Å²) in [4.78, 5) is 4.51. The van der Waals surface area contributed by atoms with Gasteiger partial charge < -0.3 is 0 Å². The van der Waals surface area contributed by atoms with Crippen LogP contribution < -0.4 is 0 Å². The van der Waals surface area contributed by atoms with E-state index in [0.29, 0.717) is 0 Å². The zero-order valence-corrected chi connectivity index (χ0v) is 9.75. The Balaban J connectivity index is 2.29. The fraction of sp³-hybridized carbons (Fsp3) is 0.154. The maximum atomic E-state index is 4.51. The molecular formula is C13H12N4. The second-order valence-corrected chi connectivity index (χ2v) is 4.02. The molecule has 0 unspecified atom stereocenters. The van der Waals surface area contributed by atoms with E-state index in [4.69, 9.17) is 0 Å². The Morgan fingerprint density at radius 1 is 0.941 bits per heavy atom. The van der Waals surface area contributed by atoms with Gasteiger partial charge in [-0.3, -0.25) is 4.57 Å². The highest BCUT2D eigenvalue weighted by Crippen LogP contribution is 2.19. The van der Waals surface area contributed by atoms with Crippen molar-refractivity contribution in [2.24, 2.45) is 0 Å². The molecular weight excluding hydrogens is 212 g/mol. The Hall–Kier alpha value is -2.23. The van der Waals surface area contributed by atoms with Crippen LogP contribution in [0.1, 0.15) is 11.5 Å². The van der Waals surface area contributed by atoms with Crippen molar-refractivity contribution in [3.05, 3.63) is 47.9 Å². The molecule has 0 saturated heterocycles. The lowest BCUT2D eigenvalue weighted by molar-refractivity contribution is 0.879. The Kier molecular flexibility index (Phi) is 2.14. The average molecular weight is 224 g/mol. The molecule has 0 aliphatic rings. The zero-order chi connectivity index (χ0) is 11.8. The molecule has 0 spiro atoms. The van der Waals surface area contributed by atoms with E-state index in [-0.39, 0.29) is 0 Å². The summed E-state index contributed by atoms with van der Waals surface area (Å²) in [5, 5.41) is 8.29. The lowest BCUT2D eigenvalue weighted by atomic mass is 10.3. The van der Waals surface area contributed by atoms with E-state index in [1.54, 1.807) is 0 Å². The van der Waals surface area contributed by atoms with Crippen LogP contribution in [0.25, 0.3) is 16.9 Å². The third-order valence-corrected chi connectivity index (χ3v) is 2.74. The quantitative estimate of drug-likeness (QED) is 0.637. The van der Waals surface area contributed by atoms with Crippen molar-refractivity contribution >= 4 is 11.0 Å². The van der Waals surface area contributed by atoms with E-state index in [1.165, 1.54) is 0 Å². The third kappa shape index (κ3) is 1.58. The van der Waals surface area contributed by atoms with E-state index < -0.39 is 0 Å². The topological polar surface area (TPSA) is 43.6 Å². The maximum absolute atomic E-state index is 4.51. The summed E-state index contributed by atoms with van der Waals surface area (Å²) < 4.78 is 2.02. The Morgan fingerprint density at radius 3 is 2.53 bits per heavy atom. The van der Waals surface area contributed by atoms with Gasteiger partial charge in [-0.2, -0.15) is 5.10 Å². The molecule has 4 nitrogen and oxygen atoms in total. The highest BCUT2D eigenvalue weighted by atomic mass is 15.2. The molecule has 0 bridgehead atoms. The second-order valence-electron chi connectivity index (χ2n) is 4.02. The lowest BCUT2D eigenvalue weighted by Gasteiger charge is -2.04. The molecule has 0 radical (unpaired) electrons. The molecule has 4 heteroatoms. The van der Waals surface area contributed by atoms with E-state index in [1.807, 2.05) is 54.8 Å². The monoisotopic (exact) mass is 224 g/mol. The SMILES string of the molecule is Cc1ccc(-n2c(C)nc3ccccc32)nn1. The summed E-state index contributed by atoms with van der Waals surface area (Å²) >= 11 is 0. The zero-order valence-electron chi connectivity index (χ0n) is 9.75. The number of hydrogen-bond donors (Lipinski definition) is 0. The molecule has 0 fully saturated rings. The number of aromatic nitrogens is 4. The molecule has 1 aromatic carbocycles. The van der Waals surface area contributed by atoms with Gasteiger partial charge >= 0.3 is 0 Å². The van der Waals surface area contributed by atoms with Crippen molar-refractivity contribution in [1.29, 1.82) is 0 Å². The van der Waals surface area contributed by atoms with Crippen molar-refractivity contribution in [1.82, 2.24) is 19.7 Å². The Morgan fingerprint density at radius 2 is 1.76 bits per heavy atom. The van der Waals surface area contributed by atoms with Gasteiger partial charge in [0, 0.05) is 0 Å². The minimum Gasteiger partial charge on any atom is -0.279 e. The van der Waals surface area contributed by atoms with Crippen LogP contribution in [0.5, 0.6) is 0 Å². The summed E-state index contributed by atoms with van der Waals surface area (Å²) in [7, 11) is 0. The van der Waals surface area contributed by atoms with Gasteiger partial charge in [0.15, 0.2) is 5.82 Å². The van der Waals surface area contributed by atoms with Gasteiger partial charge in [0.25, 0.3) is 0 Å². The number of rotatable bonds is 1. The largest absolute Gasteiger partial charge is 0.279 e. The number of hydrogen-bond acceptors (Lipinski definition) is 3. The first-order chi connectivity index (χ1) is 8.25. The molecule has 17 heavy (non-hydrogen) atoms. The fourth-order valence-electron chi connectivity index (χ4n) is 1.95. The van der Waals surface area contributed by atoms with Gasteiger partial charge in [-0.25, -0.2) is 4.98 Å². The van der Waals surface area contributed by atoms with E-state index >= 15 is 0 Å². The van der Waals surface area contributed by atoms with Crippen LogP contribution in [0.3, 0.4) is 0 Å². The molecule has 2 heterocycles. The van der Waals surface area contributed by atoms with Crippen LogP contribution >= 0.6 is 0 Å². The van der Waals surface area contributed by atoms with E-state index in [9.17, 15) is 0 Å². The van der Waals surface area contributed by atoms with Gasteiger partial charge in [-0.05, 0) is 38.1 Å². The predicted molar refractivity (Wildman–Crippen MR) is 66.1 cm³/mol. The third-order valence-electron chi connectivity index (χ3n) is 2.74. The van der Waals surface area contributed by atoms with Crippen molar-refractivity contribution in [3.63, 3.8) is 0 Å². The highest BCUT2D eigenvalue weighted by molar-refractivity contribution is 5.77. The normalized spacial score (nSPS) is 10.9. The highest BCUT2D eigenvalue weighted by Gasteiger charge is 2.09. The smallest absolute Gasteiger partial charge is 0.161 e. The summed E-state index contributed by atoms with van der Waals surface area (Å²) in [6, 6.07) is 11.9. The summed E-state index contributed by atoms with van der Waals surface area (Å²) in [6.45, 7) is 3.90. The molecule has 3 aromatic rings. The van der Waals surface area contributed by atoms with Gasteiger partial charge in [-0.15, -0.1) is 5.10 Å². The minimum atomic E-state index is 0.807. The predicted octanol–water partition coefficient (Wildman–Crippen LogP) is 2.43. The van der Waals surface area contributed by atoms with Crippen LogP contribution in [0.15, 0.2) is 36.4 Å². The van der Waals surface area contributed by atoms with Gasteiger partial charge in [0.1, 0.15) is 5.82 Å². The molecule has 84 valence electrons. The van der Waals surface area contributed by atoms with Crippen molar-refractivity contribution < 1.29 is 0 Å². The maximum Gasteiger partial charge on any atom is 0.161 e. The van der Waals surface area contributed by atoms with E-state index in [2.05, 4.69) is 15.2 Å². The average Bonchev–Trinajstić information content (AvgIpc) is 2.66. The van der Waals surface area contributed by atoms with Crippen molar-refractivity contribution in [2.45, 2.75) is 13.8 Å². The number of para-hydroxylation sites is 2. The first-order valence-electron chi connectivity index (χ1n) is 5.50. The molecule has 0 saturated carbocycles. The van der Waals surface area contributed by atoms with Crippen LogP contribution in [0.4, 0.5) is 0 Å².